The summed E-state index contributed by atoms with van der Waals surface area (Å²) in [7, 11) is 0. The molecule has 8 nitrogen and oxygen atoms in total. The van der Waals surface area contributed by atoms with Gasteiger partial charge >= 0.3 is 18.1 Å². The lowest BCUT2D eigenvalue weighted by molar-refractivity contribution is -0.520. The van der Waals surface area contributed by atoms with E-state index in [9.17, 15) is 22.9 Å². The molecule has 11 heteroatoms. The fourth-order valence-electron chi connectivity index (χ4n) is 3.32. The number of rotatable bonds is 5. The van der Waals surface area contributed by atoms with Crippen LogP contribution in [0.4, 0.5) is 19.2 Å². The number of amides is 1. The molecule has 0 bridgehead atoms. The number of aromatic nitrogens is 3. The molecule has 3 rings (SSSR count). The number of nitroso groups, excluding NO2 is 1. The second-order valence-corrected chi connectivity index (χ2v) is 8.63. The van der Waals surface area contributed by atoms with Crippen molar-refractivity contribution in [3.63, 3.8) is 0 Å². The van der Waals surface area contributed by atoms with Gasteiger partial charge in [0.2, 0.25) is 5.82 Å². The zero-order valence-corrected chi connectivity index (χ0v) is 17.0. The number of hydrogen-bond donors (Lipinski definition) is 1. The molecule has 1 unspecified atom stereocenters. The number of nitrogens with zero attached hydrogens (tertiary/aromatic N) is 4. The normalized spacial score (nSPS) is 16.9. The molecular weight excluding hydrogens is 403 g/mol. The molecule has 0 saturated heterocycles. The van der Waals surface area contributed by atoms with Crippen LogP contribution < -0.4 is 5.73 Å². The first-order chi connectivity index (χ1) is 13.8. The molecule has 1 saturated carbocycles. The molecule has 162 valence electrons. The summed E-state index contributed by atoms with van der Waals surface area (Å²) in [5, 5.41) is 3.63. The Balaban J connectivity index is 2.00. The summed E-state index contributed by atoms with van der Waals surface area (Å²) < 4.78 is 45.0. The number of halogens is 3. The van der Waals surface area contributed by atoms with Crippen LogP contribution in [0.2, 0.25) is 0 Å². The van der Waals surface area contributed by atoms with Crippen LogP contribution in [0.1, 0.15) is 85.9 Å². The summed E-state index contributed by atoms with van der Waals surface area (Å²) in [5.41, 5.74) is 4.67. The maximum Gasteiger partial charge on any atom is 0.484 e. The number of anilines is 1. The molecule has 2 aromatic rings. The predicted molar refractivity (Wildman–Crippen MR) is 99.5 cm³/mol. The Bertz CT molecular complexity index is 977. The van der Waals surface area contributed by atoms with Crippen LogP contribution in [0, 0.1) is 10.3 Å². The SMILES string of the molecule is C[C@@H](c1cc(C(=O)[N+](=O)C(c2noc(N)n2)C(C)(C)C)ncc1C1CC1)C(F)(F)F. The van der Waals surface area contributed by atoms with Crippen molar-refractivity contribution < 1.29 is 27.2 Å². The van der Waals surface area contributed by atoms with E-state index in [-0.39, 0.29) is 33.8 Å². The lowest BCUT2D eigenvalue weighted by Gasteiger charge is -2.20. The molecule has 1 aliphatic rings. The van der Waals surface area contributed by atoms with Crippen LogP contribution in [-0.2, 0) is 0 Å². The van der Waals surface area contributed by atoms with Crippen molar-refractivity contribution >= 4 is 11.9 Å². The molecule has 2 heterocycles. The Morgan fingerprint density at radius 1 is 1.30 bits per heavy atom. The van der Waals surface area contributed by atoms with Gasteiger partial charge in [-0.25, -0.2) is 9.78 Å². The second kappa shape index (κ2) is 7.44. The first-order valence-electron chi connectivity index (χ1n) is 9.47. The number of hydrogen-bond acceptors (Lipinski definition) is 7. The van der Waals surface area contributed by atoms with Crippen molar-refractivity contribution in [2.24, 2.45) is 5.41 Å². The third kappa shape index (κ3) is 4.34. The van der Waals surface area contributed by atoms with Crippen molar-refractivity contribution in [1.82, 2.24) is 15.1 Å². The van der Waals surface area contributed by atoms with Gasteiger partial charge < -0.3 is 10.3 Å². The standard InChI is InChI=1S/C19H23F3N5O3/c1-9(19(20,21)22)11-7-13(24-8-12(11)10-5-6-10)16(28)27(29)14(18(2,3)4)15-25-17(23)30-26-15/h7-10,14H,5-6H2,1-4H3,(H2,23,25,26)/q+1/t9-,14?/m0/s1. The summed E-state index contributed by atoms with van der Waals surface area (Å²) in [6.07, 6.45) is -1.68. The van der Waals surface area contributed by atoms with Gasteiger partial charge in [-0.15, -0.1) is 0 Å². The fraction of sp³-hybridized carbons (Fsp3) is 0.579. The Labute approximate surface area is 170 Å². The minimum absolute atomic E-state index is 0.00515. The predicted octanol–water partition coefficient (Wildman–Crippen LogP) is 4.30. The van der Waals surface area contributed by atoms with Crippen molar-refractivity contribution in [2.45, 2.75) is 64.6 Å². The summed E-state index contributed by atoms with van der Waals surface area (Å²) in [4.78, 5) is 33.7. The topological polar surface area (TPSA) is 115 Å². The highest BCUT2D eigenvalue weighted by Crippen LogP contribution is 2.46. The van der Waals surface area contributed by atoms with Crippen LogP contribution in [0.25, 0.3) is 0 Å². The number of pyridine rings is 1. The monoisotopic (exact) mass is 426 g/mol. The van der Waals surface area contributed by atoms with E-state index in [1.54, 1.807) is 20.8 Å². The number of nitrogens with two attached hydrogens (primary N) is 1. The lowest BCUT2D eigenvalue weighted by atomic mass is 9.86. The molecule has 0 aliphatic heterocycles. The molecule has 2 atom stereocenters. The Hall–Kier alpha value is -2.85. The van der Waals surface area contributed by atoms with Gasteiger partial charge in [-0.05, 0) is 42.9 Å². The minimum Gasteiger partial charge on any atom is -0.351 e. The first-order valence-corrected chi connectivity index (χ1v) is 9.47. The highest BCUT2D eigenvalue weighted by atomic mass is 19.4. The van der Waals surface area contributed by atoms with Gasteiger partial charge in [-0.2, -0.15) is 18.2 Å². The average molecular weight is 426 g/mol. The highest BCUT2D eigenvalue weighted by molar-refractivity contribution is 5.85. The largest absolute Gasteiger partial charge is 0.484 e. The number of alkyl halides is 3. The molecule has 0 spiro atoms. The van der Waals surface area contributed by atoms with E-state index in [1.165, 1.54) is 6.20 Å². The van der Waals surface area contributed by atoms with Crippen LogP contribution in [-0.4, -0.2) is 32.0 Å². The van der Waals surface area contributed by atoms with Crippen LogP contribution in [0.15, 0.2) is 16.8 Å². The molecule has 30 heavy (non-hydrogen) atoms. The zero-order valence-electron chi connectivity index (χ0n) is 17.0. The van der Waals surface area contributed by atoms with Gasteiger partial charge in [0.1, 0.15) is 0 Å². The van der Waals surface area contributed by atoms with Crippen molar-refractivity contribution in [3.05, 3.63) is 39.8 Å². The maximum absolute atomic E-state index is 13.4. The summed E-state index contributed by atoms with van der Waals surface area (Å²) >= 11 is 0. The van der Waals surface area contributed by atoms with Crippen molar-refractivity contribution in [3.8, 4) is 0 Å². The third-order valence-electron chi connectivity index (χ3n) is 5.12. The summed E-state index contributed by atoms with van der Waals surface area (Å²) in [5.74, 6) is -2.98. The number of carbonyl (C=O) groups excluding carboxylic acids is 1. The van der Waals surface area contributed by atoms with E-state index in [0.717, 1.165) is 25.8 Å². The molecule has 1 fully saturated rings. The van der Waals surface area contributed by atoms with Gasteiger partial charge in [-0.1, -0.05) is 25.9 Å². The summed E-state index contributed by atoms with van der Waals surface area (Å²) in [6.45, 7) is 6.08. The van der Waals surface area contributed by atoms with Gasteiger partial charge in [0.05, 0.1) is 10.7 Å². The van der Waals surface area contributed by atoms with E-state index >= 15 is 0 Å². The molecule has 1 amide bonds. The molecule has 2 N–H and O–H groups in total. The van der Waals surface area contributed by atoms with Crippen molar-refractivity contribution in [1.29, 1.82) is 0 Å². The number of nitrogen functional groups attached to an aromatic ring is 1. The van der Waals surface area contributed by atoms with Gasteiger partial charge in [-0.3, -0.25) is 0 Å². The highest BCUT2D eigenvalue weighted by Gasteiger charge is 2.48. The molecule has 0 aromatic carbocycles. The van der Waals surface area contributed by atoms with Gasteiger partial charge in [0.25, 0.3) is 6.04 Å². The maximum atomic E-state index is 13.4. The zero-order chi connectivity index (χ0) is 22.4. The molecule has 0 radical (unpaired) electrons. The van der Waals surface area contributed by atoms with Gasteiger partial charge in [0, 0.05) is 16.5 Å². The van der Waals surface area contributed by atoms with Gasteiger partial charge in [0.15, 0.2) is 5.69 Å². The fourth-order valence-corrected chi connectivity index (χ4v) is 3.32. The van der Waals surface area contributed by atoms with E-state index in [1.807, 2.05) is 0 Å². The van der Waals surface area contributed by atoms with E-state index in [0.29, 0.717) is 5.56 Å². The smallest absolute Gasteiger partial charge is 0.351 e. The molecule has 1 aliphatic carbocycles. The lowest BCUT2D eigenvalue weighted by Crippen LogP contribution is -2.34. The average Bonchev–Trinajstić information content (AvgIpc) is 3.40. The third-order valence-corrected chi connectivity index (χ3v) is 5.12. The molecule has 2 aromatic heterocycles. The number of carbonyl (C=O) groups is 1. The van der Waals surface area contributed by atoms with E-state index in [2.05, 4.69) is 15.1 Å². The Kier molecular flexibility index (Phi) is 5.42. The van der Waals surface area contributed by atoms with E-state index < -0.39 is 29.5 Å². The Morgan fingerprint density at radius 3 is 2.40 bits per heavy atom. The van der Waals surface area contributed by atoms with E-state index in [4.69, 9.17) is 10.3 Å². The Morgan fingerprint density at radius 2 is 1.93 bits per heavy atom. The molecular formula is C19H23F3N5O3+. The first kappa shape index (κ1) is 21.8. The van der Waals surface area contributed by atoms with Crippen molar-refractivity contribution in [2.75, 3.05) is 5.73 Å². The quantitative estimate of drug-likeness (QED) is 0.709. The minimum atomic E-state index is -4.49. The van der Waals surface area contributed by atoms with Crippen LogP contribution in [0.3, 0.4) is 0 Å². The summed E-state index contributed by atoms with van der Waals surface area (Å²) in [6, 6.07) is -0.378. The van der Waals surface area contributed by atoms with Crippen LogP contribution >= 0.6 is 0 Å². The second-order valence-electron chi connectivity index (χ2n) is 8.63. The van der Waals surface area contributed by atoms with Crippen LogP contribution in [0.5, 0.6) is 0 Å².